The van der Waals surface area contributed by atoms with Crippen LogP contribution >= 0.6 is 0 Å². The lowest BCUT2D eigenvalue weighted by Crippen LogP contribution is -2.37. The largest absolute Gasteiger partial charge is 0.243 e. The smallest absolute Gasteiger partial charge is 0.207 e. The van der Waals surface area contributed by atoms with Crippen LogP contribution in [0.4, 0.5) is 4.39 Å². The van der Waals surface area contributed by atoms with Gasteiger partial charge in [-0.2, -0.15) is 4.31 Å². The molecular weight excluding hydrogens is 241 g/mol. The van der Waals surface area contributed by atoms with E-state index in [0.717, 1.165) is 19.3 Å². The van der Waals surface area contributed by atoms with E-state index in [1.165, 1.54) is 24.3 Å². The molecule has 1 aromatic carbocycles. The summed E-state index contributed by atoms with van der Waals surface area (Å²) in [5, 5.41) is 0. The first kappa shape index (κ1) is 11.2. The number of hydrogen-bond acceptors (Lipinski definition) is 2. The highest BCUT2D eigenvalue weighted by molar-refractivity contribution is 7.89. The van der Waals surface area contributed by atoms with E-state index < -0.39 is 15.8 Å². The molecule has 0 spiro atoms. The summed E-state index contributed by atoms with van der Waals surface area (Å²) in [6.45, 7) is 0.629. The predicted molar refractivity (Wildman–Crippen MR) is 61.4 cm³/mol. The lowest BCUT2D eigenvalue weighted by molar-refractivity contribution is 0.333. The minimum Gasteiger partial charge on any atom is -0.207 e. The van der Waals surface area contributed by atoms with Crippen LogP contribution in [-0.4, -0.2) is 25.3 Å². The van der Waals surface area contributed by atoms with Gasteiger partial charge in [-0.15, -0.1) is 0 Å². The summed E-state index contributed by atoms with van der Waals surface area (Å²) in [6.07, 6.45) is 3.09. The molecule has 0 aromatic heterocycles. The summed E-state index contributed by atoms with van der Waals surface area (Å²) < 4.78 is 39.1. The molecule has 0 radical (unpaired) electrons. The second-order valence-electron chi connectivity index (χ2n) is 4.86. The van der Waals surface area contributed by atoms with Gasteiger partial charge in [0.1, 0.15) is 5.82 Å². The highest BCUT2D eigenvalue weighted by Crippen LogP contribution is 2.40. The van der Waals surface area contributed by atoms with Gasteiger partial charge in [-0.05, 0) is 49.4 Å². The molecule has 17 heavy (non-hydrogen) atoms. The summed E-state index contributed by atoms with van der Waals surface area (Å²) >= 11 is 0. The monoisotopic (exact) mass is 255 g/mol. The van der Waals surface area contributed by atoms with Crippen LogP contribution in [0.2, 0.25) is 0 Å². The highest BCUT2D eigenvalue weighted by atomic mass is 32.2. The van der Waals surface area contributed by atoms with Crippen LogP contribution in [0.1, 0.15) is 19.3 Å². The Kier molecular flexibility index (Phi) is 2.48. The maximum atomic E-state index is 12.8. The molecule has 3 rings (SSSR count). The van der Waals surface area contributed by atoms with E-state index in [1.54, 1.807) is 4.31 Å². The number of piperidine rings is 1. The Balaban J connectivity index is 1.93. The Bertz CT molecular complexity index is 526. The number of nitrogens with zero attached hydrogens (tertiary/aromatic N) is 1. The van der Waals surface area contributed by atoms with Gasteiger partial charge in [-0.25, -0.2) is 12.8 Å². The number of fused-ring (bicyclic) bond motifs is 2. The Morgan fingerprint density at radius 3 is 2.41 bits per heavy atom. The topological polar surface area (TPSA) is 37.4 Å². The van der Waals surface area contributed by atoms with E-state index in [0.29, 0.717) is 12.5 Å². The second-order valence-corrected chi connectivity index (χ2v) is 6.75. The number of hydrogen-bond donors (Lipinski definition) is 0. The van der Waals surface area contributed by atoms with Crippen molar-refractivity contribution in [1.29, 1.82) is 0 Å². The molecule has 1 aromatic rings. The molecule has 1 saturated carbocycles. The number of sulfonamides is 1. The van der Waals surface area contributed by atoms with Crippen LogP contribution in [0.15, 0.2) is 29.2 Å². The SMILES string of the molecule is O=S(=O)(c1ccc(F)cc1)N1CC2CCC1C2. The molecule has 5 heteroatoms. The highest BCUT2D eigenvalue weighted by Gasteiger charge is 2.44. The maximum Gasteiger partial charge on any atom is 0.243 e. The normalized spacial score (nSPS) is 28.8. The van der Waals surface area contributed by atoms with Crippen molar-refractivity contribution in [3.63, 3.8) is 0 Å². The van der Waals surface area contributed by atoms with Gasteiger partial charge >= 0.3 is 0 Å². The van der Waals surface area contributed by atoms with Crippen molar-refractivity contribution in [2.75, 3.05) is 6.54 Å². The van der Waals surface area contributed by atoms with Crippen LogP contribution in [0, 0.1) is 11.7 Å². The minimum atomic E-state index is -3.42. The third kappa shape index (κ3) is 1.77. The number of benzene rings is 1. The van der Waals surface area contributed by atoms with Crippen molar-refractivity contribution < 1.29 is 12.8 Å². The molecule has 1 saturated heterocycles. The van der Waals surface area contributed by atoms with Crippen LogP contribution in [-0.2, 0) is 10.0 Å². The fourth-order valence-corrected chi connectivity index (χ4v) is 4.66. The van der Waals surface area contributed by atoms with Gasteiger partial charge in [0.2, 0.25) is 10.0 Å². The van der Waals surface area contributed by atoms with Gasteiger partial charge in [0.05, 0.1) is 4.90 Å². The fourth-order valence-electron chi connectivity index (χ4n) is 2.92. The standard InChI is InChI=1S/C12H14FNO2S/c13-10-2-5-12(6-3-10)17(15,16)14-8-9-1-4-11(14)7-9/h2-3,5-6,9,11H,1,4,7-8H2. The molecule has 2 bridgehead atoms. The summed E-state index contributed by atoms with van der Waals surface area (Å²) in [4.78, 5) is 0.200. The zero-order valence-electron chi connectivity index (χ0n) is 9.34. The molecule has 0 amide bonds. The van der Waals surface area contributed by atoms with Gasteiger partial charge in [0, 0.05) is 12.6 Å². The van der Waals surface area contributed by atoms with Gasteiger partial charge in [0.25, 0.3) is 0 Å². The zero-order valence-corrected chi connectivity index (χ0v) is 10.2. The summed E-state index contributed by atoms with van der Waals surface area (Å²) in [6, 6.07) is 5.24. The molecular formula is C12H14FNO2S. The molecule has 0 N–H and O–H groups in total. The van der Waals surface area contributed by atoms with Crippen LogP contribution in [0.25, 0.3) is 0 Å². The van der Waals surface area contributed by atoms with E-state index in [4.69, 9.17) is 0 Å². The third-order valence-electron chi connectivity index (χ3n) is 3.78. The van der Waals surface area contributed by atoms with E-state index >= 15 is 0 Å². The molecule has 2 fully saturated rings. The Hall–Kier alpha value is -0.940. The Morgan fingerprint density at radius 1 is 1.18 bits per heavy atom. The van der Waals surface area contributed by atoms with E-state index in [1.807, 2.05) is 0 Å². The summed E-state index contributed by atoms with van der Waals surface area (Å²) in [5.74, 6) is 0.113. The van der Waals surface area contributed by atoms with Gasteiger partial charge in [-0.3, -0.25) is 0 Å². The van der Waals surface area contributed by atoms with Crippen molar-refractivity contribution >= 4 is 10.0 Å². The first-order valence-corrected chi connectivity index (χ1v) is 7.29. The quantitative estimate of drug-likeness (QED) is 0.810. The van der Waals surface area contributed by atoms with Crippen molar-refractivity contribution in [1.82, 2.24) is 4.31 Å². The first-order chi connectivity index (χ1) is 8.07. The van der Waals surface area contributed by atoms with Gasteiger partial charge in [-0.1, -0.05) is 0 Å². The number of halogens is 1. The Morgan fingerprint density at radius 2 is 1.88 bits per heavy atom. The average molecular weight is 255 g/mol. The first-order valence-electron chi connectivity index (χ1n) is 5.85. The second kappa shape index (κ2) is 3.78. The summed E-state index contributed by atoms with van der Waals surface area (Å²) in [7, 11) is -3.42. The molecule has 2 unspecified atom stereocenters. The van der Waals surface area contributed by atoms with Crippen molar-refractivity contribution in [3.05, 3.63) is 30.1 Å². The molecule has 2 aliphatic rings. The predicted octanol–water partition coefficient (Wildman–Crippen LogP) is 2.00. The molecule has 1 aliphatic heterocycles. The van der Waals surface area contributed by atoms with E-state index in [2.05, 4.69) is 0 Å². The van der Waals surface area contributed by atoms with Crippen LogP contribution < -0.4 is 0 Å². The molecule has 1 aliphatic carbocycles. The fraction of sp³-hybridized carbons (Fsp3) is 0.500. The van der Waals surface area contributed by atoms with Gasteiger partial charge < -0.3 is 0 Å². The maximum absolute atomic E-state index is 12.8. The van der Waals surface area contributed by atoms with E-state index in [-0.39, 0.29) is 10.9 Å². The minimum absolute atomic E-state index is 0.162. The van der Waals surface area contributed by atoms with Crippen LogP contribution in [0.5, 0.6) is 0 Å². The Labute approximate surface area is 100 Å². The lowest BCUT2D eigenvalue weighted by atomic mass is 10.1. The summed E-state index contributed by atoms with van der Waals surface area (Å²) in [5.41, 5.74) is 0. The van der Waals surface area contributed by atoms with Crippen LogP contribution in [0.3, 0.4) is 0 Å². The van der Waals surface area contributed by atoms with E-state index in [9.17, 15) is 12.8 Å². The molecule has 3 nitrogen and oxygen atoms in total. The zero-order chi connectivity index (χ0) is 12.0. The average Bonchev–Trinajstić information content (AvgIpc) is 2.91. The number of rotatable bonds is 2. The molecule has 2 atom stereocenters. The van der Waals surface area contributed by atoms with Crippen molar-refractivity contribution in [2.45, 2.75) is 30.2 Å². The lowest BCUT2D eigenvalue weighted by Gasteiger charge is -2.26. The van der Waals surface area contributed by atoms with Crippen molar-refractivity contribution in [2.24, 2.45) is 5.92 Å². The molecule has 92 valence electrons. The van der Waals surface area contributed by atoms with Gasteiger partial charge in [0.15, 0.2) is 0 Å². The molecule has 1 heterocycles. The third-order valence-corrected chi connectivity index (χ3v) is 5.71. The van der Waals surface area contributed by atoms with Crippen molar-refractivity contribution in [3.8, 4) is 0 Å².